The van der Waals surface area contributed by atoms with E-state index in [0.29, 0.717) is 18.5 Å². The van der Waals surface area contributed by atoms with Crippen molar-refractivity contribution in [2.24, 2.45) is 5.92 Å². The van der Waals surface area contributed by atoms with E-state index in [1.54, 1.807) is 7.11 Å². The van der Waals surface area contributed by atoms with Gasteiger partial charge in [0.2, 0.25) is 5.91 Å². The molecular formula is C18H27N3O2. The van der Waals surface area contributed by atoms with Gasteiger partial charge in [-0.15, -0.1) is 0 Å². The molecule has 2 fully saturated rings. The Hall–Kier alpha value is -1.59. The molecular weight excluding hydrogens is 290 g/mol. The fraction of sp³-hybridized carbons (Fsp3) is 0.611. The highest BCUT2D eigenvalue weighted by atomic mass is 16.5. The molecule has 2 atom stereocenters. The summed E-state index contributed by atoms with van der Waals surface area (Å²) in [5.74, 6) is 1.56. The quantitative estimate of drug-likeness (QED) is 0.836. The van der Waals surface area contributed by atoms with Gasteiger partial charge in [-0.05, 0) is 43.4 Å². The number of amides is 1. The molecule has 0 aromatic heterocycles. The average molecular weight is 317 g/mol. The highest BCUT2D eigenvalue weighted by Crippen LogP contribution is 2.41. The molecule has 23 heavy (non-hydrogen) atoms. The molecule has 1 saturated heterocycles. The van der Waals surface area contributed by atoms with Crippen molar-refractivity contribution >= 4 is 5.91 Å². The molecule has 126 valence electrons. The third-order valence-electron chi connectivity index (χ3n) is 4.87. The summed E-state index contributed by atoms with van der Waals surface area (Å²) < 4.78 is 5.22. The van der Waals surface area contributed by atoms with Gasteiger partial charge in [-0.1, -0.05) is 12.1 Å². The summed E-state index contributed by atoms with van der Waals surface area (Å²) in [5.41, 5.74) is 1.18. The standard InChI is InChI=1S/C18H27N3O2/c1-13-11-19-9-10-21(13)12-17(22)20-18(14-3-4-14)15-5-7-16(23-2)8-6-15/h5-8,13-14,18-19H,3-4,9-12H2,1-2H3,(H,20,22)/t13-,18?/m0/s1. The van der Waals surface area contributed by atoms with Crippen LogP contribution in [0.25, 0.3) is 0 Å². The number of benzene rings is 1. The molecule has 1 unspecified atom stereocenters. The van der Waals surface area contributed by atoms with Crippen LogP contribution >= 0.6 is 0 Å². The van der Waals surface area contributed by atoms with Crippen LogP contribution in [-0.2, 0) is 4.79 Å². The maximum Gasteiger partial charge on any atom is 0.234 e. The van der Waals surface area contributed by atoms with E-state index in [9.17, 15) is 4.79 Å². The number of ether oxygens (including phenoxy) is 1. The van der Waals surface area contributed by atoms with Crippen molar-refractivity contribution in [1.29, 1.82) is 0 Å². The summed E-state index contributed by atoms with van der Waals surface area (Å²) >= 11 is 0. The Bertz CT molecular complexity index is 528. The molecule has 0 radical (unpaired) electrons. The molecule has 1 saturated carbocycles. The summed E-state index contributed by atoms with van der Waals surface area (Å²) in [6.45, 7) is 5.51. The van der Waals surface area contributed by atoms with E-state index in [1.165, 1.54) is 18.4 Å². The van der Waals surface area contributed by atoms with Gasteiger partial charge in [0.05, 0.1) is 19.7 Å². The van der Waals surface area contributed by atoms with E-state index >= 15 is 0 Å². The minimum Gasteiger partial charge on any atom is -0.497 e. The molecule has 5 nitrogen and oxygen atoms in total. The predicted octanol–water partition coefficient (Wildman–Crippen LogP) is 1.56. The first kappa shape index (κ1) is 16.3. The Kier molecular flexibility index (Phi) is 5.18. The molecule has 1 aliphatic carbocycles. The minimum absolute atomic E-state index is 0.131. The maximum atomic E-state index is 12.5. The molecule has 1 amide bonds. The topological polar surface area (TPSA) is 53.6 Å². The number of hydrogen-bond donors (Lipinski definition) is 2. The molecule has 1 heterocycles. The van der Waals surface area contributed by atoms with E-state index < -0.39 is 0 Å². The Morgan fingerprint density at radius 2 is 2.13 bits per heavy atom. The summed E-state index contributed by atoms with van der Waals surface area (Å²) in [4.78, 5) is 14.8. The number of carbonyl (C=O) groups excluding carboxylic acids is 1. The second kappa shape index (κ2) is 7.32. The third-order valence-corrected chi connectivity index (χ3v) is 4.87. The van der Waals surface area contributed by atoms with Gasteiger partial charge in [0, 0.05) is 25.7 Å². The molecule has 3 rings (SSSR count). The first-order valence-corrected chi connectivity index (χ1v) is 8.55. The number of rotatable bonds is 6. The molecule has 1 aliphatic heterocycles. The zero-order valence-corrected chi connectivity index (χ0v) is 14.0. The fourth-order valence-corrected chi connectivity index (χ4v) is 3.24. The van der Waals surface area contributed by atoms with E-state index in [1.807, 2.05) is 12.1 Å². The van der Waals surface area contributed by atoms with Gasteiger partial charge < -0.3 is 15.4 Å². The fourth-order valence-electron chi connectivity index (χ4n) is 3.24. The third kappa shape index (κ3) is 4.24. The van der Waals surface area contributed by atoms with Crippen LogP contribution in [0.1, 0.15) is 31.4 Å². The van der Waals surface area contributed by atoms with Crippen LogP contribution in [0.4, 0.5) is 0 Å². The van der Waals surface area contributed by atoms with Crippen LogP contribution in [0, 0.1) is 5.92 Å². The van der Waals surface area contributed by atoms with E-state index in [-0.39, 0.29) is 11.9 Å². The van der Waals surface area contributed by atoms with Gasteiger partial charge in [-0.2, -0.15) is 0 Å². The molecule has 0 spiro atoms. The summed E-state index contributed by atoms with van der Waals surface area (Å²) in [6.07, 6.45) is 2.39. The number of methoxy groups -OCH3 is 1. The Morgan fingerprint density at radius 1 is 1.39 bits per heavy atom. The van der Waals surface area contributed by atoms with Crippen LogP contribution in [-0.4, -0.2) is 50.1 Å². The number of piperazine rings is 1. The van der Waals surface area contributed by atoms with Crippen LogP contribution in [0.5, 0.6) is 5.75 Å². The van der Waals surface area contributed by atoms with E-state index in [2.05, 4.69) is 34.6 Å². The van der Waals surface area contributed by atoms with E-state index in [4.69, 9.17) is 4.74 Å². The zero-order chi connectivity index (χ0) is 16.2. The first-order chi connectivity index (χ1) is 11.2. The molecule has 2 N–H and O–H groups in total. The molecule has 1 aromatic carbocycles. The summed E-state index contributed by atoms with van der Waals surface area (Å²) in [7, 11) is 1.67. The monoisotopic (exact) mass is 317 g/mol. The van der Waals surface area contributed by atoms with Gasteiger partial charge in [-0.25, -0.2) is 0 Å². The van der Waals surface area contributed by atoms with E-state index in [0.717, 1.165) is 25.4 Å². The van der Waals surface area contributed by atoms with Crippen LogP contribution in [0.3, 0.4) is 0 Å². The Balaban J connectivity index is 1.61. The van der Waals surface area contributed by atoms with Crippen molar-refractivity contribution in [3.63, 3.8) is 0 Å². The minimum atomic E-state index is 0.131. The summed E-state index contributed by atoms with van der Waals surface area (Å²) in [5, 5.41) is 6.62. The summed E-state index contributed by atoms with van der Waals surface area (Å²) in [6, 6.07) is 8.61. The van der Waals surface area contributed by atoms with Crippen LogP contribution in [0.2, 0.25) is 0 Å². The normalized spacial score (nSPS) is 23.3. The maximum absolute atomic E-state index is 12.5. The van der Waals surface area contributed by atoms with Gasteiger partial charge in [0.1, 0.15) is 5.75 Å². The lowest BCUT2D eigenvalue weighted by Gasteiger charge is -2.33. The number of nitrogens with one attached hydrogen (secondary N) is 2. The highest BCUT2D eigenvalue weighted by Gasteiger charge is 2.34. The Morgan fingerprint density at radius 3 is 2.74 bits per heavy atom. The first-order valence-electron chi connectivity index (χ1n) is 8.55. The van der Waals surface area contributed by atoms with Crippen molar-refractivity contribution in [3.8, 4) is 5.75 Å². The van der Waals surface area contributed by atoms with Gasteiger partial charge in [0.25, 0.3) is 0 Å². The van der Waals surface area contributed by atoms with Crippen molar-refractivity contribution in [2.75, 3.05) is 33.3 Å². The largest absolute Gasteiger partial charge is 0.497 e. The zero-order valence-electron chi connectivity index (χ0n) is 14.0. The van der Waals surface area contributed by atoms with Crippen LogP contribution in [0.15, 0.2) is 24.3 Å². The second-order valence-electron chi connectivity index (χ2n) is 6.68. The lowest BCUT2D eigenvalue weighted by Crippen LogP contribution is -2.53. The van der Waals surface area contributed by atoms with Crippen molar-refractivity contribution in [2.45, 2.75) is 31.8 Å². The number of carbonyl (C=O) groups is 1. The van der Waals surface area contributed by atoms with Gasteiger partial charge in [0.15, 0.2) is 0 Å². The SMILES string of the molecule is COc1ccc(C(NC(=O)CN2CCNC[C@@H]2C)C2CC2)cc1. The molecule has 2 aliphatic rings. The predicted molar refractivity (Wildman–Crippen MR) is 90.5 cm³/mol. The number of hydrogen-bond acceptors (Lipinski definition) is 4. The van der Waals surface area contributed by atoms with Crippen molar-refractivity contribution in [1.82, 2.24) is 15.5 Å². The van der Waals surface area contributed by atoms with Crippen molar-refractivity contribution < 1.29 is 9.53 Å². The van der Waals surface area contributed by atoms with Crippen LogP contribution < -0.4 is 15.4 Å². The highest BCUT2D eigenvalue weighted by molar-refractivity contribution is 5.78. The van der Waals surface area contributed by atoms with Gasteiger partial charge >= 0.3 is 0 Å². The smallest absolute Gasteiger partial charge is 0.234 e. The van der Waals surface area contributed by atoms with Crippen molar-refractivity contribution in [3.05, 3.63) is 29.8 Å². The number of nitrogens with zero attached hydrogens (tertiary/aromatic N) is 1. The molecule has 0 bridgehead atoms. The molecule has 5 heteroatoms. The lowest BCUT2D eigenvalue weighted by molar-refractivity contribution is -0.123. The Labute approximate surface area is 138 Å². The van der Waals surface area contributed by atoms with Gasteiger partial charge in [-0.3, -0.25) is 9.69 Å². The second-order valence-corrected chi connectivity index (χ2v) is 6.68. The molecule has 1 aromatic rings. The average Bonchev–Trinajstić information content (AvgIpc) is 3.40. The lowest BCUT2D eigenvalue weighted by atomic mass is 10.0.